The summed E-state index contributed by atoms with van der Waals surface area (Å²) in [7, 11) is 0. The number of anilines is 1. The van der Waals surface area contributed by atoms with Crippen LogP contribution < -0.4 is 20.9 Å². The molecular weight excluding hydrogens is 399 g/mol. The standard InChI is InChI=1S/C22H37FN6O2/c1-7-24-20(26-13-18(15(2)3)28-21(30)31-22(4,5)6)27-16-10-12-29(14-16)19-17(23)9-8-11-25-19/h8-9,11,15-16,18H,7,10,12-14H2,1-6H3,(H,28,30)(H2,24,26,27). The summed E-state index contributed by atoms with van der Waals surface area (Å²) in [4.78, 5) is 23.0. The quantitative estimate of drug-likeness (QED) is 0.450. The molecule has 2 heterocycles. The van der Waals surface area contributed by atoms with Crippen molar-refractivity contribution in [3.05, 3.63) is 24.1 Å². The lowest BCUT2D eigenvalue weighted by molar-refractivity contribution is 0.0493. The molecule has 0 saturated carbocycles. The van der Waals surface area contributed by atoms with Crippen molar-refractivity contribution in [1.29, 1.82) is 0 Å². The highest BCUT2D eigenvalue weighted by molar-refractivity contribution is 5.80. The van der Waals surface area contributed by atoms with Gasteiger partial charge in [-0.3, -0.25) is 4.99 Å². The zero-order valence-corrected chi connectivity index (χ0v) is 19.5. The van der Waals surface area contributed by atoms with Gasteiger partial charge in [-0.2, -0.15) is 0 Å². The summed E-state index contributed by atoms with van der Waals surface area (Å²) in [6.07, 6.45) is 2.02. The number of carbonyl (C=O) groups excluding carboxylic acids is 1. The third-order valence-corrected chi connectivity index (χ3v) is 4.86. The Kier molecular flexibility index (Phi) is 8.88. The minimum Gasteiger partial charge on any atom is -0.444 e. The van der Waals surface area contributed by atoms with Crippen LogP contribution in [0.4, 0.5) is 15.0 Å². The van der Waals surface area contributed by atoms with E-state index < -0.39 is 11.7 Å². The molecule has 1 aromatic rings. The van der Waals surface area contributed by atoms with E-state index in [2.05, 4.69) is 25.9 Å². The average Bonchev–Trinajstić information content (AvgIpc) is 3.12. The Morgan fingerprint density at radius 3 is 2.77 bits per heavy atom. The van der Waals surface area contributed by atoms with Crippen LogP contribution in [0.15, 0.2) is 23.3 Å². The topological polar surface area (TPSA) is 90.9 Å². The highest BCUT2D eigenvalue weighted by Crippen LogP contribution is 2.20. The number of amides is 1. The summed E-state index contributed by atoms with van der Waals surface area (Å²) in [5, 5.41) is 9.59. The van der Waals surface area contributed by atoms with E-state index in [0.29, 0.717) is 31.4 Å². The lowest BCUT2D eigenvalue weighted by Gasteiger charge is -2.25. The molecule has 8 nitrogen and oxygen atoms in total. The molecule has 3 N–H and O–H groups in total. The Hall–Kier alpha value is -2.58. The normalized spacial score (nSPS) is 18.1. The molecule has 174 valence electrons. The van der Waals surface area contributed by atoms with Gasteiger partial charge in [0.05, 0.1) is 12.6 Å². The van der Waals surface area contributed by atoms with Crippen molar-refractivity contribution in [2.45, 2.75) is 65.6 Å². The van der Waals surface area contributed by atoms with Crippen molar-refractivity contribution >= 4 is 17.9 Å². The summed E-state index contributed by atoms with van der Waals surface area (Å²) in [6, 6.07) is 2.98. The molecule has 0 spiro atoms. The number of hydrogen-bond acceptors (Lipinski definition) is 5. The first-order valence-electron chi connectivity index (χ1n) is 11.0. The molecule has 0 aliphatic carbocycles. The van der Waals surface area contributed by atoms with Crippen molar-refractivity contribution in [3.8, 4) is 0 Å². The Morgan fingerprint density at radius 1 is 1.42 bits per heavy atom. The number of pyridine rings is 1. The second-order valence-electron chi connectivity index (χ2n) is 9.10. The maximum atomic E-state index is 14.0. The number of guanidine groups is 1. The zero-order valence-electron chi connectivity index (χ0n) is 19.5. The smallest absolute Gasteiger partial charge is 0.407 e. The average molecular weight is 437 g/mol. The number of alkyl carbamates (subject to hydrolysis) is 1. The van der Waals surface area contributed by atoms with Gasteiger partial charge in [0.2, 0.25) is 0 Å². The maximum Gasteiger partial charge on any atom is 0.407 e. The van der Waals surface area contributed by atoms with Gasteiger partial charge in [-0.15, -0.1) is 0 Å². The Labute approximate surface area is 185 Å². The predicted octanol–water partition coefficient (Wildman–Crippen LogP) is 2.90. The fourth-order valence-corrected chi connectivity index (χ4v) is 3.27. The van der Waals surface area contributed by atoms with E-state index >= 15 is 0 Å². The summed E-state index contributed by atoms with van der Waals surface area (Å²) in [5.41, 5.74) is -0.549. The maximum absolute atomic E-state index is 14.0. The van der Waals surface area contributed by atoms with Gasteiger partial charge in [0, 0.05) is 31.9 Å². The van der Waals surface area contributed by atoms with Gasteiger partial charge >= 0.3 is 6.09 Å². The van der Waals surface area contributed by atoms with Crippen molar-refractivity contribution in [3.63, 3.8) is 0 Å². The molecule has 0 aromatic carbocycles. The van der Waals surface area contributed by atoms with E-state index in [-0.39, 0.29) is 23.8 Å². The number of rotatable bonds is 7. The van der Waals surface area contributed by atoms with Crippen LogP contribution in [-0.2, 0) is 4.74 Å². The lowest BCUT2D eigenvalue weighted by Crippen LogP contribution is -2.47. The van der Waals surface area contributed by atoms with E-state index in [4.69, 9.17) is 4.74 Å². The van der Waals surface area contributed by atoms with Gasteiger partial charge < -0.3 is 25.6 Å². The Bertz CT molecular complexity index is 750. The number of carbonyl (C=O) groups is 1. The van der Waals surface area contributed by atoms with Crippen LogP contribution in [0.3, 0.4) is 0 Å². The van der Waals surface area contributed by atoms with E-state index in [0.717, 1.165) is 13.0 Å². The zero-order chi connectivity index (χ0) is 23.0. The minimum absolute atomic E-state index is 0.121. The fourth-order valence-electron chi connectivity index (χ4n) is 3.27. The summed E-state index contributed by atoms with van der Waals surface area (Å²) >= 11 is 0. The van der Waals surface area contributed by atoms with Crippen LogP contribution >= 0.6 is 0 Å². The van der Waals surface area contributed by atoms with Gasteiger partial charge in [-0.1, -0.05) is 13.8 Å². The number of nitrogens with zero attached hydrogens (tertiary/aromatic N) is 3. The largest absolute Gasteiger partial charge is 0.444 e. The highest BCUT2D eigenvalue weighted by atomic mass is 19.1. The van der Waals surface area contributed by atoms with E-state index in [1.54, 1.807) is 12.3 Å². The molecule has 31 heavy (non-hydrogen) atoms. The van der Waals surface area contributed by atoms with Crippen LogP contribution in [-0.4, -0.2) is 60.9 Å². The van der Waals surface area contributed by atoms with Gasteiger partial charge in [0.1, 0.15) is 5.60 Å². The van der Waals surface area contributed by atoms with Crippen molar-refractivity contribution in [2.24, 2.45) is 10.9 Å². The van der Waals surface area contributed by atoms with Crippen LogP contribution in [0, 0.1) is 11.7 Å². The lowest BCUT2D eigenvalue weighted by atomic mass is 10.1. The second-order valence-corrected chi connectivity index (χ2v) is 9.10. The van der Waals surface area contributed by atoms with Crippen LogP contribution in [0.2, 0.25) is 0 Å². The first kappa shape index (κ1) is 24.7. The molecular formula is C22H37FN6O2. The summed E-state index contributed by atoms with van der Waals surface area (Å²) in [6.45, 7) is 14.1. The van der Waals surface area contributed by atoms with Crippen LogP contribution in [0.1, 0.15) is 48.0 Å². The molecule has 1 amide bonds. The molecule has 0 bridgehead atoms. The molecule has 1 aromatic heterocycles. The van der Waals surface area contributed by atoms with Gasteiger partial charge in [-0.05, 0) is 52.2 Å². The Morgan fingerprint density at radius 2 is 2.16 bits per heavy atom. The molecule has 1 saturated heterocycles. The number of ether oxygens (including phenoxy) is 1. The van der Waals surface area contributed by atoms with Gasteiger partial charge in [0.15, 0.2) is 17.6 Å². The van der Waals surface area contributed by atoms with E-state index in [1.807, 2.05) is 46.4 Å². The Balaban J connectivity index is 1.97. The van der Waals surface area contributed by atoms with Crippen molar-refractivity contribution < 1.29 is 13.9 Å². The molecule has 0 radical (unpaired) electrons. The molecule has 2 atom stereocenters. The minimum atomic E-state index is -0.549. The molecule has 2 unspecified atom stereocenters. The molecule has 1 aliphatic heterocycles. The first-order valence-corrected chi connectivity index (χ1v) is 11.0. The van der Waals surface area contributed by atoms with Crippen molar-refractivity contribution in [1.82, 2.24) is 20.9 Å². The van der Waals surface area contributed by atoms with Gasteiger partial charge in [-0.25, -0.2) is 14.2 Å². The second kappa shape index (κ2) is 11.2. The van der Waals surface area contributed by atoms with E-state index in [1.165, 1.54) is 6.07 Å². The number of halogens is 1. The number of aromatic nitrogens is 1. The van der Waals surface area contributed by atoms with Crippen LogP contribution in [0.5, 0.6) is 0 Å². The number of nitrogens with one attached hydrogen (secondary N) is 3. The van der Waals surface area contributed by atoms with Gasteiger partial charge in [0.25, 0.3) is 0 Å². The van der Waals surface area contributed by atoms with Crippen LogP contribution in [0.25, 0.3) is 0 Å². The molecule has 1 aliphatic rings. The third-order valence-electron chi connectivity index (χ3n) is 4.86. The molecule has 9 heteroatoms. The predicted molar refractivity (Wildman–Crippen MR) is 122 cm³/mol. The highest BCUT2D eigenvalue weighted by Gasteiger charge is 2.26. The molecule has 1 fully saturated rings. The number of hydrogen-bond donors (Lipinski definition) is 3. The SMILES string of the molecule is CCNC(=NCC(NC(=O)OC(C)(C)C)C(C)C)NC1CCN(c2ncccc2F)C1. The first-order chi connectivity index (χ1) is 14.6. The van der Waals surface area contributed by atoms with E-state index in [9.17, 15) is 9.18 Å². The summed E-state index contributed by atoms with van der Waals surface area (Å²) < 4.78 is 19.4. The fraction of sp³-hybridized carbons (Fsp3) is 0.682. The molecule has 2 rings (SSSR count). The summed E-state index contributed by atoms with van der Waals surface area (Å²) in [5.74, 6) is 0.938. The third kappa shape index (κ3) is 8.22. The monoisotopic (exact) mass is 436 g/mol. The van der Waals surface area contributed by atoms with Crippen molar-refractivity contribution in [2.75, 3.05) is 31.1 Å². The number of aliphatic imine (C=N–C) groups is 1.